The van der Waals surface area contributed by atoms with Crippen LogP contribution in [0.25, 0.3) is 0 Å². The van der Waals surface area contributed by atoms with Gasteiger partial charge in [0, 0.05) is 0 Å². The fraction of sp³-hybridized carbons (Fsp3) is 0.471. The third kappa shape index (κ3) is 7.00. The van der Waals surface area contributed by atoms with Crippen molar-refractivity contribution >= 4 is 17.8 Å². The first-order valence-electron chi connectivity index (χ1n) is 8.48. The van der Waals surface area contributed by atoms with Gasteiger partial charge in [0.15, 0.2) is 0 Å². The van der Waals surface area contributed by atoms with E-state index < -0.39 is 52.0 Å². The summed E-state index contributed by atoms with van der Waals surface area (Å²) in [6.07, 6.45) is 0. The molecule has 1 aromatic rings. The first kappa shape index (κ1) is 24.3. The van der Waals surface area contributed by atoms with Gasteiger partial charge in [-0.15, -0.1) is 20.2 Å². The Morgan fingerprint density at radius 2 is 1.43 bits per heavy atom. The number of esters is 1. The van der Waals surface area contributed by atoms with Crippen LogP contribution in [-0.4, -0.2) is 41.2 Å². The highest BCUT2D eigenvalue weighted by Crippen LogP contribution is 2.24. The van der Waals surface area contributed by atoms with Gasteiger partial charge in [0.1, 0.15) is 19.0 Å². The number of imide groups is 1. The number of carbonyl (C=O) groups is 3. The van der Waals surface area contributed by atoms with Crippen LogP contribution >= 0.6 is 0 Å². The van der Waals surface area contributed by atoms with Crippen LogP contribution in [0.3, 0.4) is 0 Å². The van der Waals surface area contributed by atoms with E-state index in [9.17, 15) is 34.6 Å². The van der Waals surface area contributed by atoms with Gasteiger partial charge in [0.25, 0.3) is 16.1 Å². The SMILES string of the molecule is CC(C)(CO[N+](=O)[O-])C(=O)NC(=O)c1ccccc1OC(=O)C(C)(C)CO[N+](=O)[O-]. The molecule has 0 aliphatic rings. The van der Waals surface area contributed by atoms with E-state index in [1.165, 1.54) is 52.0 Å². The van der Waals surface area contributed by atoms with Crippen LogP contribution in [0.1, 0.15) is 38.1 Å². The van der Waals surface area contributed by atoms with Crippen LogP contribution in [-0.2, 0) is 19.3 Å². The average Bonchev–Trinajstić information content (AvgIpc) is 2.65. The van der Waals surface area contributed by atoms with Crippen molar-refractivity contribution < 1.29 is 39.0 Å². The fourth-order valence-corrected chi connectivity index (χ4v) is 1.87. The lowest BCUT2D eigenvalue weighted by molar-refractivity contribution is -0.760. The monoisotopic (exact) mass is 427 g/mol. The molecule has 13 heteroatoms. The van der Waals surface area contributed by atoms with Gasteiger partial charge in [-0.2, -0.15) is 0 Å². The number of benzene rings is 1. The molecule has 0 saturated carbocycles. The third-order valence-corrected chi connectivity index (χ3v) is 3.79. The van der Waals surface area contributed by atoms with E-state index in [0.717, 1.165) is 0 Å². The molecular weight excluding hydrogens is 406 g/mol. The minimum absolute atomic E-state index is 0.170. The number of hydrogen-bond acceptors (Lipinski definition) is 10. The van der Waals surface area contributed by atoms with Crippen molar-refractivity contribution in [3.05, 3.63) is 50.1 Å². The molecule has 0 aliphatic carbocycles. The van der Waals surface area contributed by atoms with Gasteiger partial charge in [0.05, 0.1) is 16.4 Å². The highest BCUT2D eigenvalue weighted by atomic mass is 17.0. The molecule has 1 N–H and O–H groups in total. The topological polar surface area (TPSA) is 177 Å². The van der Waals surface area contributed by atoms with Gasteiger partial charge >= 0.3 is 5.97 Å². The lowest BCUT2D eigenvalue weighted by Crippen LogP contribution is -2.43. The van der Waals surface area contributed by atoms with Crippen LogP contribution in [0.5, 0.6) is 5.75 Å². The molecule has 0 aromatic heterocycles. The molecule has 30 heavy (non-hydrogen) atoms. The van der Waals surface area contributed by atoms with E-state index in [0.29, 0.717) is 0 Å². The summed E-state index contributed by atoms with van der Waals surface area (Å²) in [5.74, 6) is -2.87. The summed E-state index contributed by atoms with van der Waals surface area (Å²) >= 11 is 0. The lowest BCUT2D eigenvalue weighted by Gasteiger charge is -2.23. The zero-order chi connectivity index (χ0) is 23.1. The summed E-state index contributed by atoms with van der Waals surface area (Å²) < 4.78 is 5.18. The Balaban J connectivity index is 2.93. The lowest BCUT2D eigenvalue weighted by atomic mass is 9.93. The molecule has 0 heterocycles. The van der Waals surface area contributed by atoms with Crippen molar-refractivity contribution in [3.8, 4) is 5.75 Å². The second-order valence-corrected chi connectivity index (χ2v) is 7.43. The van der Waals surface area contributed by atoms with E-state index in [1.54, 1.807) is 0 Å². The number of ether oxygens (including phenoxy) is 1. The third-order valence-electron chi connectivity index (χ3n) is 3.79. The van der Waals surface area contributed by atoms with Crippen LogP contribution in [0.2, 0.25) is 0 Å². The van der Waals surface area contributed by atoms with Gasteiger partial charge in [-0.3, -0.25) is 19.7 Å². The second-order valence-electron chi connectivity index (χ2n) is 7.43. The molecule has 1 rings (SSSR count). The molecule has 13 nitrogen and oxygen atoms in total. The predicted octanol–water partition coefficient (Wildman–Crippen LogP) is 1.32. The number of carbonyl (C=O) groups excluding carboxylic acids is 3. The molecule has 1 aromatic carbocycles. The normalized spacial score (nSPS) is 11.2. The Morgan fingerprint density at radius 3 is 1.97 bits per heavy atom. The Kier molecular flexibility index (Phi) is 7.79. The summed E-state index contributed by atoms with van der Waals surface area (Å²) in [7, 11) is 0. The number of rotatable bonds is 10. The smallest absolute Gasteiger partial charge is 0.318 e. The maximum absolute atomic E-state index is 12.5. The van der Waals surface area contributed by atoms with Crippen molar-refractivity contribution in [2.45, 2.75) is 27.7 Å². The first-order valence-corrected chi connectivity index (χ1v) is 8.48. The Bertz CT molecular complexity index is 850. The Morgan fingerprint density at radius 1 is 0.933 bits per heavy atom. The minimum atomic E-state index is -1.41. The molecule has 0 unspecified atom stereocenters. The molecule has 164 valence electrons. The molecule has 0 bridgehead atoms. The molecule has 2 amide bonds. The number of hydrogen-bond donors (Lipinski definition) is 1. The van der Waals surface area contributed by atoms with Crippen molar-refractivity contribution in [2.75, 3.05) is 13.2 Å². The fourth-order valence-electron chi connectivity index (χ4n) is 1.87. The number of nitrogens with one attached hydrogen (secondary N) is 1. The predicted molar refractivity (Wildman–Crippen MR) is 98.0 cm³/mol. The van der Waals surface area contributed by atoms with E-state index in [-0.39, 0.29) is 11.3 Å². The van der Waals surface area contributed by atoms with Gasteiger partial charge < -0.3 is 14.4 Å². The van der Waals surface area contributed by atoms with Crippen molar-refractivity contribution in [1.82, 2.24) is 5.32 Å². The number of nitrogens with zero attached hydrogens (tertiary/aromatic N) is 2. The Labute approximate surface area is 170 Å². The maximum Gasteiger partial charge on any atom is 0.318 e. The summed E-state index contributed by atoms with van der Waals surface area (Å²) in [6.45, 7) is 4.22. The van der Waals surface area contributed by atoms with Gasteiger partial charge in [-0.05, 0) is 39.8 Å². The highest BCUT2D eigenvalue weighted by molar-refractivity contribution is 6.07. The second kappa shape index (κ2) is 9.62. The highest BCUT2D eigenvalue weighted by Gasteiger charge is 2.34. The molecule has 0 fully saturated rings. The van der Waals surface area contributed by atoms with Crippen LogP contribution in [0.4, 0.5) is 0 Å². The van der Waals surface area contributed by atoms with Crippen LogP contribution < -0.4 is 10.1 Å². The van der Waals surface area contributed by atoms with Crippen LogP contribution in [0, 0.1) is 31.1 Å². The molecule has 0 atom stereocenters. The van der Waals surface area contributed by atoms with E-state index in [1.807, 2.05) is 0 Å². The average molecular weight is 427 g/mol. The summed E-state index contributed by atoms with van der Waals surface area (Å²) in [5, 5.41) is 20.6. The van der Waals surface area contributed by atoms with E-state index in [2.05, 4.69) is 15.0 Å². The quantitative estimate of drug-likeness (QED) is 0.248. The Hall–Kier alpha value is -3.77. The molecule has 0 spiro atoms. The number of para-hydroxylation sites is 1. The summed E-state index contributed by atoms with van der Waals surface area (Å²) in [6, 6.07) is 5.50. The van der Waals surface area contributed by atoms with Crippen LogP contribution in [0.15, 0.2) is 24.3 Å². The zero-order valence-corrected chi connectivity index (χ0v) is 16.7. The molecule has 0 aliphatic heterocycles. The zero-order valence-electron chi connectivity index (χ0n) is 16.7. The molecular formula is C17H21N3O10. The minimum Gasteiger partial charge on any atom is -0.425 e. The first-order chi connectivity index (χ1) is 13.8. The molecule has 0 saturated heterocycles. The van der Waals surface area contributed by atoms with Gasteiger partial charge in [-0.1, -0.05) is 12.1 Å². The van der Waals surface area contributed by atoms with Gasteiger partial charge in [0.2, 0.25) is 5.91 Å². The largest absolute Gasteiger partial charge is 0.425 e. The summed E-state index contributed by atoms with van der Waals surface area (Å²) in [4.78, 5) is 66.2. The van der Waals surface area contributed by atoms with E-state index in [4.69, 9.17) is 4.74 Å². The maximum atomic E-state index is 12.5. The molecule has 0 radical (unpaired) electrons. The summed E-state index contributed by atoms with van der Waals surface area (Å²) in [5.41, 5.74) is -2.99. The van der Waals surface area contributed by atoms with E-state index >= 15 is 0 Å². The van der Waals surface area contributed by atoms with Crippen molar-refractivity contribution in [2.24, 2.45) is 10.8 Å². The number of amides is 2. The van der Waals surface area contributed by atoms with Gasteiger partial charge in [-0.25, -0.2) is 0 Å². The standard InChI is InChI=1S/C17H21N3O10/c1-16(2,9-28-19(24)25)14(22)18-13(21)11-7-5-6-8-12(11)30-15(23)17(3,4)10-29-20(26)27/h5-8H,9-10H2,1-4H3,(H,18,21,22). The van der Waals surface area contributed by atoms with Crippen molar-refractivity contribution in [3.63, 3.8) is 0 Å². The van der Waals surface area contributed by atoms with Crippen molar-refractivity contribution in [1.29, 1.82) is 0 Å².